The lowest BCUT2D eigenvalue weighted by Crippen LogP contribution is -2.16. The number of esters is 1. The molecule has 1 amide bonds. The highest BCUT2D eigenvalue weighted by molar-refractivity contribution is 6.30. The topological polar surface area (TPSA) is 64.6 Å². The number of para-hydroxylation sites is 1. The number of hydrogen-bond acceptors (Lipinski definition) is 4. The summed E-state index contributed by atoms with van der Waals surface area (Å²) in [6, 6.07) is 13.5. The van der Waals surface area contributed by atoms with Crippen molar-refractivity contribution in [2.45, 2.75) is 13.5 Å². The summed E-state index contributed by atoms with van der Waals surface area (Å²) < 4.78 is 10.1. The molecule has 0 spiro atoms. The van der Waals surface area contributed by atoms with Gasteiger partial charge >= 0.3 is 12.1 Å². The number of hydrogen-bond donors (Lipinski definition) is 1. The van der Waals surface area contributed by atoms with Crippen molar-refractivity contribution < 1.29 is 19.1 Å². The molecule has 6 heteroatoms. The first kappa shape index (κ1) is 16.8. The van der Waals surface area contributed by atoms with E-state index in [0.29, 0.717) is 10.7 Å². The van der Waals surface area contributed by atoms with Gasteiger partial charge < -0.3 is 9.47 Å². The Balaban J connectivity index is 1.97. The van der Waals surface area contributed by atoms with E-state index in [2.05, 4.69) is 5.32 Å². The highest BCUT2D eigenvalue weighted by Crippen LogP contribution is 2.17. The Labute approximate surface area is 139 Å². The Kier molecular flexibility index (Phi) is 6.00. The normalized spacial score (nSPS) is 10.0. The van der Waals surface area contributed by atoms with E-state index in [1.807, 2.05) is 0 Å². The molecule has 1 N–H and O–H groups in total. The number of ether oxygens (including phenoxy) is 2. The first-order valence-electron chi connectivity index (χ1n) is 7.04. The van der Waals surface area contributed by atoms with Gasteiger partial charge in [0.15, 0.2) is 0 Å². The molecule has 23 heavy (non-hydrogen) atoms. The molecule has 5 nitrogen and oxygen atoms in total. The van der Waals surface area contributed by atoms with Crippen LogP contribution in [0.25, 0.3) is 0 Å². The fourth-order valence-corrected chi connectivity index (χ4v) is 1.98. The lowest BCUT2D eigenvalue weighted by Gasteiger charge is -2.10. The molecule has 0 aliphatic rings. The predicted octanol–water partition coefficient (Wildman–Crippen LogP) is 4.27. The Morgan fingerprint density at radius 1 is 1.04 bits per heavy atom. The van der Waals surface area contributed by atoms with Gasteiger partial charge in [-0.05, 0) is 36.8 Å². The SMILES string of the molecule is CCOC(=O)c1ccccc1NC(=O)OCc1ccc(Cl)cc1. The molecule has 0 aliphatic carbocycles. The first-order chi connectivity index (χ1) is 11.1. The summed E-state index contributed by atoms with van der Waals surface area (Å²) in [4.78, 5) is 23.7. The summed E-state index contributed by atoms with van der Waals surface area (Å²) in [5, 5.41) is 3.16. The van der Waals surface area contributed by atoms with E-state index in [4.69, 9.17) is 21.1 Å². The van der Waals surface area contributed by atoms with Gasteiger partial charge in [0.1, 0.15) is 6.61 Å². The molecule has 2 aromatic carbocycles. The Morgan fingerprint density at radius 3 is 2.43 bits per heavy atom. The summed E-state index contributed by atoms with van der Waals surface area (Å²) >= 11 is 5.79. The van der Waals surface area contributed by atoms with Gasteiger partial charge in [0.25, 0.3) is 0 Å². The van der Waals surface area contributed by atoms with Gasteiger partial charge in [-0.3, -0.25) is 5.32 Å². The molecule has 0 bridgehead atoms. The first-order valence-corrected chi connectivity index (χ1v) is 7.42. The van der Waals surface area contributed by atoms with E-state index in [0.717, 1.165) is 5.56 Å². The van der Waals surface area contributed by atoms with Gasteiger partial charge in [-0.25, -0.2) is 9.59 Å². The van der Waals surface area contributed by atoms with Crippen LogP contribution in [0.15, 0.2) is 48.5 Å². The predicted molar refractivity (Wildman–Crippen MR) is 87.7 cm³/mol. The van der Waals surface area contributed by atoms with Crippen LogP contribution in [0.3, 0.4) is 0 Å². The zero-order valence-electron chi connectivity index (χ0n) is 12.5. The summed E-state index contributed by atoms with van der Waals surface area (Å²) in [5.74, 6) is -0.499. The molecule has 0 fully saturated rings. The van der Waals surface area contributed by atoms with Crippen LogP contribution >= 0.6 is 11.6 Å². The van der Waals surface area contributed by atoms with E-state index in [1.165, 1.54) is 0 Å². The van der Waals surface area contributed by atoms with Gasteiger partial charge in [-0.1, -0.05) is 35.9 Å². The van der Waals surface area contributed by atoms with Crippen molar-refractivity contribution in [1.29, 1.82) is 0 Å². The monoisotopic (exact) mass is 333 g/mol. The van der Waals surface area contributed by atoms with Crippen LogP contribution in [0, 0.1) is 0 Å². The van der Waals surface area contributed by atoms with Crippen LogP contribution in [0.5, 0.6) is 0 Å². The average molecular weight is 334 g/mol. The van der Waals surface area contributed by atoms with Gasteiger partial charge in [-0.15, -0.1) is 0 Å². The fourth-order valence-electron chi connectivity index (χ4n) is 1.85. The largest absolute Gasteiger partial charge is 0.462 e. The summed E-state index contributed by atoms with van der Waals surface area (Å²) in [7, 11) is 0. The molecule has 0 aliphatic heterocycles. The maximum atomic E-state index is 11.9. The lowest BCUT2D eigenvalue weighted by atomic mass is 10.2. The number of anilines is 1. The number of carbonyl (C=O) groups excluding carboxylic acids is 2. The van der Waals surface area contributed by atoms with E-state index in [-0.39, 0.29) is 18.8 Å². The van der Waals surface area contributed by atoms with Crippen LogP contribution in [-0.2, 0) is 16.1 Å². The molecule has 0 aromatic heterocycles. The van der Waals surface area contributed by atoms with Crippen molar-refractivity contribution in [3.8, 4) is 0 Å². The van der Waals surface area contributed by atoms with E-state index in [9.17, 15) is 9.59 Å². The zero-order chi connectivity index (χ0) is 16.7. The van der Waals surface area contributed by atoms with E-state index >= 15 is 0 Å². The summed E-state index contributed by atoms with van der Waals surface area (Å²) in [6.07, 6.45) is -0.656. The third-order valence-corrected chi connectivity index (χ3v) is 3.19. The molecule has 120 valence electrons. The standard InChI is InChI=1S/C17H16ClNO4/c1-2-22-16(20)14-5-3-4-6-15(14)19-17(21)23-11-12-7-9-13(18)10-8-12/h3-10H,2,11H2,1H3,(H,19,21). The molecular weight excluding hydrogens is 318 g/mol. The van der Waals surface area contributed by atoms with E-state index in [1.54, 1.807) is 55.5 Å². The maximum absolute atomic E-state index is 11.9. The Hall–Kier alpha value is -2.53. The molecule has 0 unspecified atom stereocenters. The van der Waals surface area contributed by atoms with Gasteiger partial charge in [0.05, 0.1) is 17.9 Å². The van der Waals surface area contributed by atoms with Crippen molar-refractivity contribution in [2.75, 3.05) is 11.9 Å². The van der Waals surface area contributed by atoms with Gasteiger partial charge in [0.2, 0.25) is 0 Å². The molecule has 2 rings (SSSR count). The van der Waals surface area contributed by atoms with Crippen molar-refractivity contribution in [3.05, 3.63) is 64.7 Å². The highest BCUT2D eigenvalue weighted by atomic mass is 35.5. The number of rotatable bonds is 5. The van der Waals surface area contributed by atoms with Crippen LogP contribution in [0.1, 0.15) is 22.8 Å². The quantitative estimate of drug-likeness (QED) is 0.830. The number of amides is 1. The van der Waals surface area contributed by atoms with Crippen molar-refractivity contribution in [2.24, 2.45) is 0 Å². The van der Waals surface area contributed by atoms with Crippen molar-refractivity contribution in [3.63, 3.8) is 0 Å². The third-order valence-electron chi connectivity index (χ3n) is 2.94. The van der Waals surface area contributed by atoms with Gasteiger partial charge in [-0.2, -0.15) is 0 Å². The smallest absolute Gasteiger partial charge is 0.411 e. The second kappa shape index (κ2) is 8.19. The Morgan fingerprint density at radius 2 is 1.74 bits per heavy atom. The number of nitrogens with one attached hydrogen (secondary N) is 1. The number of halogens is 1. The summed E-state index contributed by atoms with van der Waals surface area (Å²) in [6.45, 7) is 2.08. The number of benzene rings is 2. The minimum atomic E-state index is -0.656. The minimum Gasteiger partial charge on any atom is -0.462 e. The lowest BCUT2D eigenvalue weighted by molar-refractivity contribution is 0.0527. The molecule has 0 heterocycles. The van der Waals surface area contributed by atoms with E-state index < -0.39 is 12.1 Å². The molecular formula is C17H16ClNO4. The number of carbonyl (C=O) groups is 2. The van der Waals surface area contributed by atoms with Crippen LogP contribution < -0.4 is 5.32 Å². The van der Waals surface area contributed by atoms with Crippen molar-refractivity contribution >= 4 is 29.4 Å². The van der Waals surface area contributed by atoms with Crippen LogP contribution in [0.4, 0.5) is 10.5 Å². The fraction of sp³-hybridized carbons (Fsp3) is 0.176. The third kappa shape index (κ3) is 5.00. The molecule has 0 atom stereocenters. The molecule has 0 radical (unpaired) electrons. The highest BCUT2D eigenvalue weighted by Gasteiger charge is 2.14. The minimum absolute atomic E-state index is 0.102. The average Bonchev–Trinajstić information content (AvgIpc) is 2.55. The zero-order valence-corrected chi connectivity index (χ0v) is 13.3. The summed E-state index contributed by atoms with van der Waals surface area (Å²) in [5.41, 5.74) is 1.42. The maximum Gasteiger partial charge on any atom is 0.411 e. The molecule has 0 saturated heterocycles. The van der Waals surface area contributed by atoms with Crippen LogP contribution in [-0.4, -0.2) is 18.7 Å². The van der Waals surface area contributed by atoms with Crippen molar-refractivity contribution in [1.82, 2.24) is 0 Å². The Bertz CT molecular complexity index is 685. The molecule has 0 saturated carbocycles. The second-order valence-electron chi connectivity index (χ2n) is 4.59. The van der Waals surface area contributed by atoms with Gasteiger partial charge in [0, 0.05) is 5.02 Å². The van der Waals surface area contributed by atoms with Crippen LogP contribution in [0.2, 0.25) is 5.02 Å². The second-order valence-corrected chi connectivity index (χ2v) is 5.03. The molecule has 2 aromatic rings.